The number of alkyl carbamates (subject to hydrolysis) is 1. The van der Waals surface area contributed by atoms with Gasteiger partial charge in [0.1, 0.15) is 50.8 Å². The van der Waals surface area contributed by atoms with E-state index in [2.05, 4.69) is 25.0 Å². The first-order valence-electron chi connectivity index (χ1n) is 12.7. The molecule has 4 rings (SSSR count). The van der Waals surface area contributed by atoms with Gasteiger partial charge in [0.05, 0.1) is 20.5 Å². The molecule has 2 aliphatic heterocycles. The Morgan fingerprint density at radius 2 is 1.93 bits per heavy atom. The number of anilines is 1. The molecular weight excluding hydrogens is 537 g/mol. The second-order valence-electron chi connectivity index (χ2n) is 11.4. The summed E-state index contributed by atoms with van der Waals surface area (Å²) in [6, 6.07) is 5.94. The van der Waals surface area contributed by atoms with Gasteiger partial charge in [-0.05, 0) is 78.6 Å². The Labute approximate surface area is 232 Å². The number of carbonyl (C=O) groups is 2. The van der Waals surface area contributed by atoms with Gasteiger partial charge >= 0.3 is 6.09 Å². The van der Waals surface area contributed by atoms with Gasteiger partial charge < -0.3 is 10.1 Å². The Hall–Kier alpha value is -3.92. The molecular formula is C27H32FN7O4S. The van der Waals surface area contributed by atoms with Crippen molar-refractivity contribution < 1.29 is 22.9 Å². The summed E-state index contributed by atoms with van der Waals surface area (Å²) in [5, 5.41) is 13.6. The lowest BCUT2D eigenvalue weighted by Crippen LogP contribution is -2.61. The van der Waals surface area contributed by atoms with Crippen molar-refractivity contribution >= 4 is 33.4 Å². The first kappa shape index (κ1) is 29.1. The summed E-state index contributed by atoms with van der Waals surface area (Å²) in [5.74, 6) is -1.25. The van der Waals surface area contributed by atoms with Gasteiger partial charge in [-0.2, -0.15) is 5.26 Å². The van der Waals surface area contributed by atoms with Gasteiger partial charge in [0.25, 0.3) is 5.91 Å². The molecule has 13 heteroatoms. The van der Waals surface area contributed by atoms with Crippen molar-refractivity contribution in [2.75, 3.05) is 11.9 Å². The van der Waals surface area contributed by atoms with Crippen molar-refractivity contribution in [3.05, 3.63) is 52.7 Å². The molecule has 11 nitrogen and oxygen atoms in total. The highest BCUT2D eigenvalue weighted by Gasteiger charge is 2.58. The Morgan fingerprint density at radius 3 is 2.55 bits per heavy atom. The van der Waals surface area contributed by atoms with Gasteiger partial charge in [-0.3, -0.25) is 15.1 Å². The molecule has 0 bridgehead atoms. The molecule has 2 amide bonds. The summed E-state index contributed by atoms with van der Waals surface area (Å²) in [6.07, 6.45) is 0.860. The average Bonchev–Trinajstić information content (AvgIpc) is 3.27. The summed E-state index contributed by atoms with van der Waals surface area (Å²) in [7, 11) is -3.08. The zero-order valence-electron chi connectivity index (χ0n) is 23.5. The predicted molar refractivity (Wildman–Crippen MR) is 148 cm³/mol. The number of pyridine rings is 2. The zero-order chi connectivity index (χ0) is 29.7. The predicted octanol–water partition coefficient (Wildman–Crippen LogP) is 4.22. The number of rotatable bonds is 3. The van der Waals surface area contributed by atoms with Crippen LogP contribution in [-0.4, -0.2) is 54.2 Å². The number of aromatic nitrogens is 2. The monoisotopic (exact) mass is 569 g/mol. The molecule has 2 N–H and O–H groups in total. The lowest BCUT2D eigenvalue weighted by Gasteiger charge is -2.44. The molecule has 4 heterocycles. The maximum absolute atomic E-state index is 15.5. The molecule has 0 radical (unpaired) electrons. The molecule has 0 aliphatic carbocycles. The van der Waals surface area contributed by atoms with Crippen LogP contribution in [0.4, 0.5) is 15.0 Å². The highest BCUT2D eigenvalue weighted by atomic mass is 32.2. The quantitative estimate of drug-likeness (QED) is 0.560. The smallest absolute Gasteiger partial charge is 0.413 e. The second-order valence-corrected chi connectivity index (χ2v) is 14.4. The van der Waals surface area contributed by atoms with E-state index >= 15 is 4.39 Å². The number of amidine groups is 1. The fourth-order valence-corrected chi connectivity index (χ4v) is 8.12. The van der Waals surface area contributed by atoms with Crippen LogP contribution < -0.4 is 10.6 Å². The van der Waals surface area contributed by atoms with Gasteiger partial charge in [-0.15, -0.1) is 0 Å². The van der Waals surface area contributed by atoms with Crippen LogP contribution in [0, 0.1) is 24.1 Å². The molecule has 2 aliphatic rings. The minimum Gasteiger partial charge on any atom is -0.444 e. The molecule has 212 valence electrons. The van der Waals surface area contributed by atoms with E-state index in [0.29, 0.717) is 17.5 Å². The van der Waals surface area contributed by atoms with Gasteiger partial charge in [-0.25, -0.2) is 27.7 Å². The number of amides is 2. The van der Waals surface area contributed by atoms with Crippen molar-refractivity contribution in [2.45, 2.75) is 76.0 Å². The van der Waals surface area contributed by atoms with Gasteiger partial charge in [0, 0.05) is 12.7 Å². The maximum atomic E-state index is 15.5. The normalized spacial score (nSPS) is 25.1. The average molecular weight is 570 g/mol. The molecule has 0 fully saturated rings. The van der Waals surface area contributed by atoms with Gasteiger partial charge in [-0.1, -0.05) is 0 Å². The number of aryl methyl sites for hydroxylation is 1. The number of hydrogen-bond donors (Lipinski definition) is 2. The minimum atomic E-state index is -3.08. The van der Waals surface area contributed by atoms with Crippen LogP contribution in [-0.2, 0) is 20.0 Å². The Morgan fingerprint density at radius 1 is 1.23 bits per heavy atom. The topological polar surface area (TPSA) is 159 Å². The maximum Gasteiger partial charge on any atom is 0.413 e. The van der Waals surface area contributed by atoms with Crippen LogP contribution in [0.3, 0.4) is 0 Å². The number of ether oxygens (including phenoxy) is 1. The number of carbonyl (C=O) groups excluding carboxylic acids is 2. The van der Waals surface area contributed by atoms with E-state index in [1.165, 1.54) is 18.3 Å². The van der Waals surface area contributed by atoms with Crippen LogP contribution in [0.15, 0.2) is 33.8 Å². The van der Waals surface area contributed by atoms with Crippen LogP contribution in [0.2, 0.25) is 0 Å². The molecule has 0 spiro atoms. The molecule has 3 atom stereocenters. The number of nitrogens with one attached hydrogen (secondary N) is 2. The number of aliphatic imine (C=N–C) groups is 1. The molecule has 2 aromatic heterocycles. The van der Waals surface area contributed by atoms with Crippen LogP contribution in [0.5, 0.6) is 0 Å². The number of nitriles is 1. The van der Waals surface area contributed by atoms with Crippen LogP contribution >= 0.6 is 0 Å². The third-order valence-electron chi connectivity index (χ3n) is 6.94. The molecule has 2 aromatic rings. The van der Waals surface area contributed by atoms with E-state index in [-0.39, 0.29) is 29.6 Å². The summed E-state index contributed by atoms with van der Waals surface area (Å²) < 4.78 is 38.6. The SMILES string of the molecule is Cc1cc(C#N)cnc1C(=O)Nc1ccc(F)c([C@@]2(C)N=C(NC(=O)OC(C)(C)C)C(C)(C)[S@]3(=O)=NCC[C@H]23)n1. The molecule has 0 aromatic carbocycles. The second kappa shape index (κ2) is 9.92. The van der Waals surface area contributed by atoms with Crippen LogP contribution in [0.1, 0.15) is 75.3 Å². The third kappa shape index (κ3) is 5.03. The van der Waals surface area contributed by atoms with Crippen molar-refractivity contribution in [1.29, 1.82) is 5.26 Å². The van der Waals surface area contributed by atoms with Crippen molar-refractivity contribution in [3.8, 4) is 6.07 Å². The molecule has 0 saturated heterocycles. The first-order chi connectivity index (χ1) is 18.5. The number of fused-ring (bicyclic) bond motifs is 1. The molecule has 0 saturated carbocycles. The van der Waals surface area contributed by atoms with E-state index in [0.717, 1.165) is 6.07 Å². The van der Waals surface area contributed by atoms with E-state index in [9.17, 15) is 13.8 Å². The third-order valence-corrected chi connectivity index (χ3v) is 10.6. The van der Waals surface area contributed by atoms with Crippen molar-refractivity contribution in [1.82, 2.24) is 15.3 Å². The summed E-state index contributed by atoms with van der Waals surface area (Å²) in [6.45, 7) is 12.0. The highest BCUT2D eigenvalue weighted by Crippen LogP contribution is 2.47. The summed E-state index contributed by atoms with van der Waals surface area (Å²) in [4.78, 5) is 38.9. The largest absolute Gasteiger partial charge is 0.444 e. The number of halogens is 1. The zero-order valence-corrected chi connectivity index (χ0v) is 24.3. The van der Waals surface area contributed by atoms with Crippen LogP contribution in [0.25, 0.3) is 0 Å². The first-order valence-corrected chi connectivity index (χ1v) is 14.3. The highest BCUT2D eigenvalue weighted by molar-refractivity contribution is 7.96. The Kier molecular flexibility index (Phi) is 7.21. The Bertz CT molecular complexity index is 1600. The standard InChI is InChI=1S/C27H32FN7O4S/c1-15-12-16(13-29)14-30-20(15)22(36)33-19-9-8-17(28)21(32-19)27(7)18-10-11-31-40(18,38)26(5,6)23(35-27)34-24(37)39-25(2,3)4/h8-9,12,14,18H,10-11H2,1-7H3,(H,32,33,36)(H,34,35,37)/t18-,27+,40+/m1/s1. The van der Waals surface area contributed by atoms with Gasteiger partial charge in [0.2, 0.25) is 0 Å². The number of hydrogen-bond acceptors (Lipinski definition) is 9. The van der Waals surface area contributed by atoms with E-state index in [1.54, 1.807) is 48.5 Å². The van der Waals surface area contributed by atoms with E-state index in [4.69, 9.17) is 15.0 Å². The fraction of sp³-hybridized carbons (Fsp3) is 0.481. The Balaban J connectivity index is 1.77. The lowest BCUT2D eigenvalue weighted by atomic mass is 9.89. The molecule has 40 heavy (non-hydrogen) atoms. The summed E-state index contributed by atoms with van der Waals surface area (Å²) in [5.41, 5.74) is -1.57. The molecule has 0 unspecified atom stereocenters. The lowest BCUT2D eigenvalue weighted by molar-refractivity contribution is 0.0560. The van der Waals surface area contributed by atoms with E-state index < -0.39 is 48.7 Å². The van der Waals surface area contributed by atoms with Crippen molar-refractivity contribution in [3.63, 3.8) is 0 Å². The number of nitrogens with zero attached hydrogens (tertiary/aromatic N) is 5. The minimum absolute atomic E-state index is 0.0244. The fourth-order valence-electron chi connectivity index (χ4n) is 4.94. The summed E-state index contributed by atoms with van der Waals surface area (Å²) >= 11 is 0. The van der Waals surface area contributed by atoms with Crippen molar-refractivity contribution in [2.24, 2.45) is 9.36 Å². The van der Waals surface area contributed by atoms with Gasteiger partial charge in [0.15, 0.2) is 0 Å². The van der Waals surface area contributed by atoms with E-state index in [1.807, 2.05) is 6.07 Å².